The Bertz CT molecular complexity index is 733. The van der Waals surface area contributed by atoms with Crippen molar-refractivity contribution in [1.29, 1.82) is 0 Å². The molecular formula is C21H26N2O3. The molecule has 26 heavy (non-hydrogen) atoms. The average Bonchev–Trinajstić information content (AvgIpc) is 2.66. The molecule has 1 heterocycles. The fourth-order valence-electron chi connectivity index (χ4n) is 2.97. The number of hydrogen-bond donors (Lipinski definition) is 2. The number of nitrogens with one attached hydrogen (secondary N) is 2. The molecule has 2 atom stereocenters. The Morgan fingerprint density at radius 2 is 1.73 bits per heavy atom. The molecule has 0 spiro atoms. The number of urea groups is 1. The van der Waals surface area contributed by atoms with Gasteiger partial charge in [0.25, 0.3) is 0 Å². The number of hydrogen-bond acceptors (Lipinski definition) is 3. The molecule has 3 rings (SSSR count). The van der Waals surface area contributed by atoms with Crippen molar-refractivity contribution in [2.45, 2.75) is 38.8 Å². The third kappa shape index (κ3) is 4.91. The highest BCUT2D eigenvalue weighted by Crippen LogP contribution is 2.32. The molecule has 0 fully saturated rings. The molecule has 1 aliphatic heterocycles. The molecule has 0 aliphatic carbocycles. The molecule has 2 N–H and O–H groups in total. The molecule has 0 aromatic heterocycles. The van der Waals surface area contributed by atoms with Crippen LogP contribution in [0.4, 0.5) is 4.79 Å². The van der Waals surface area contributed by atoms with Crippen LogP contribution in [0.3, 0.4) is 0 Å². The van der Waals surface area contributed by atoms with Gasteiger partial charge >= 0.3 is 6.03 Å². The van der Waals surface area contributed by atoms with Gasteiger partial charge in [0, 0.05) is 6.04 Å². The number of ether oxygens (including phenoxy) is 2. The zero-order valence-electron chi connectivity index (χ0n) is 15.3. The normalized spacial score (nSPS) is 15.0. The molecule has 0 bridgehead atoms. The summed E-state index contributed by atoms with van der Waals surface area (Å²) in [5, 5.41) is 5.99. The number of carbonyl (C=O) groups is 1. The second kappa shape index (κ2) is 8.61. The standard InChI is InChI=1S/C21H26N2O3/c1-15(8-9-17-6-4-3-5-7-17)22-21(24)23-16(2)18-10-11-19-20(14-18)26-13-12-25-19/h3-7,10-11,14-16H,8-9,12-13H2,1-2H3,(H2,22,23,24)/t15-,16+/m1/s1. The van der Waals surface area contributed by atoms with Crippen molar-refractivity contribution in [3.8, 4) is 11.5 Å². The SMILES string of the molecule is C[C@H](CCc1ccccc1)NC(=O)N[C@@H](C)c1ccc2c(c1)OCCO2. The minimum absolute atomic E-state index is 0.0997. The van der Waals surface area contributed by atoms with E-state index in [-0.39, 0.29) is 18.1 Å². The van der Waals surface area contributed by atoms with Gasteiger partial charge in [-0.25, -0.2) is 4.79 Å². The van der Waals surface area contributed by atoms with Gasteiger partial charge in [-0.3, -0.25) is 0 Å². The maximum Gasteiger partial charge on any atom is 0.315 e. The number of fused-ring (bicyclic) bond motifs is 1. The van der Waals surface area contributed by atoms with Crippen LogP contribution in [0.2, 0.25) is 0 Å². The van der Waals surface area contributed by atoms with E-state index in [4.69, 9.17) is 9.47 Å². The quantitative estimate of drug-likeness (QED) is 0.829. The predicted octanol–water partition coefficient (Wildman–Crippen LogP) is 3.84. The number of amides is 2. The average molecular weight is 354 g/mol. The van der Waals surface area contributed by atoms with Crippen LogP contribution in [0.15, 0.2) is 48.5 Å². The van der Waals surface area contributed by atoms with Gasteiger partial charge in [-0.15, -0.1) is 0 Å². The third-order valence-electron chi connectivity index (χ3n) is 4.50. The Morgan fingerprint density at radius 1 is 1.00 bits per heavy atom. The van der Waals surface area contributed by atoms with Crippen LogP contribution in [0, 0.1) is 0 Å². The van der Waals surface area contributed by atoms with Gasteiger partial charge in [0.15, 0.2) is 11.5 Å². The zero-order chi connectivity index (χ0) is 18.4. The van der Waals surface area contributed by atoms with E-state index in [0.717, 1.165) is 29.9 Å². The van der Waals surface area contributed by atoms with E-state index >= 15 is 0 Å². The van der Waals surface area contributed by atoms with Crippen molar-refractivity contribution < 1.29 is 14.3 Å². The van der Waals surface area contributed by atoms with E-state index < -0.39 is 0 Å². The summed E-state index contributed by atoms with van der Waals surface area (Å²) in [6.45, 7) is 5.11. The van der Waals surface area contributed by atoms with E-state index in [9.17, 15) is 4.79 Å². The Kier molecular flexibility index (Phi) is 6.00. The summed E-state index contributed by atoms with van der Waals surface area (Å²) in [7, 11) is 0. The van der Waals surface area contributed by atoms with Gasteiger partial charge in [0.05, 0.1) is 6.04 Å². The first-order chi connectivity index (χ1) is 12.6. The third-order valence-corrected chi connectivity index (χ3v) is 4.50. The van der Waals surface area contributed by atoms with Crippen molar-refractivity contribution >= 4 is 6.03 Å². The van der Waals surface area contributed by atoms with Gasteiger partial charge in [0.1, 0.15) is 13.2 Å². The second-order valence-corrected chi connectivity index (χ2v) is 6.67. The molecule has 5 nitrogen and oxygen atoms in total. The van der Waals surface area contributed by atoms with Gasteiger partial charge in [0.2, 0.25) is 0 Å². The second-order valence-electron chi connectivity index (χ2n) is 6.67. The highest BCUT2D eigenvalue weighted by Gasteiger charge is 2.16. The molecule has 0 radical (unpaired) electrons. The van der Waals surface area contributed by atoms with Crippen LogP contribution < -0.4 is 20.1 Å². The lowest BCUT2D eigenvalue weighted by Crippen LogP contribution is -2.41. The molecule has 0 unspecified atom stereocenters. The lowest BCUT2D eigenvalue weighted by Gasteiger charge is -2.22. The van der Waals surface area contributed by atoms with Gasteiger partial charge < -0.3 is 20.1 Å². The summed E-state index contributed by atoms with van der Waals surface area (Å²) < 4.78 is 11.1. The van der Waals surface area contributed by atoms with Crippen molar-refractivity contribution in [3.63, 3.8) is 0 Å². The van der Waals surface area contributed by atoms with Crippen molar-refractivity contribution in [3.05, 3.63) is 59.7 Å². The predicted molar refractivity (Wildman–Crippen MR) is 102 cm³/mol. The van der Waals surface area contributed by atoms with Crippen LogP contribution in [-0.4, -0.2) is 25.3 Å². The molecule has 2 aromatic rings. The largest absolute Gasteiger partial charge is 0.486 e. The molecule has 0 saturated carbocycles. The van der Waals surface area contributed by atoms with Crippen molar-refractivity contribution in [2.24, 2.45) is 0 Å². The topological polar surface area (TPSA) is 59.6 Å². The van der Waals surface area contributed by atoms with Crippen LogP contribution in [0.5, 0.6) is 11.5 Å². The first-order valence-electron chi connectivity index (χ1n) is 9.12. The fraction of sp³-hybridized carbons (Fsp3) is 0.381. The molecule has 138 valence electrons. The van der Waals surface area contributed by atoms with Crippen LogP contribution in [-0.2, 0) is 6.42 Å². The van der Waals surface area contributed by atoms with E-state index in [1.807, 2.05) is 50.2 Å². The fourth-order valence-corrected chi connectivity index (χ4v) is 2.97. The lowest BCUT2D eigenvalue weighted by molar-refractivity contribution is 0.171. The monoisotopic (exact) mass is 354 g/mol. The maximum atomic E-state index is 12.3. The molecule has 0 saturated heterocycles. The van der Waals surface area contributed by atoms with Gasteiger partial charge in [-0.1, -0.05) is 36.4 Å². The summed E-state index contributed by atoms with van der Waals surface area (Å²) in [6.07, 6.45) is 1.84. The number of carbonyl (C=O) groups excluding carboxylic acids is 1. The highest BCUT2D eigenvalue weighted by molar-refractivity contribution is 5.74. The first-order valence-corrected chi connectivity index (χ1v) is 9.12. The number of aryl methyl sites for hydroxylation is 1. The molecule has 1 aliphatic rings. The van der Waals surface area contributed by atoms with Crippen molar-refractivity contribution in [1.82, 2.24) is 10.6 Å². The smallest absolute Gasteiger partial charge is 0.315 e. The Balaban J connectivity index is 1.48. The Labute approximate surface area is 154 Å². The van der Waals surface area contributed by atoms with E-state index in [2.05, 4.69) is 22.8 Å². The first kappa shape index (κ1) is 18.1. The summed E-state index contributed by atoms with van der Waals surface area (Å²) in [6, 6.07) is 15.9. The van der Waals surface area contributed by atoms with Gasteiger partial charge in [-0.05, 0) is 49.9 Å². The van der Waals surface area contributed by atoms with E-state index in [1.54, 1.807) is 0 Å². The highest BCUT2D eigenvalue weighted by atomic mass is 16.6. The summed E-state index contributed by atoms with van der Waals surface area (Å²) >= 11 is 0. The number of rotatable bonds is 6. The summed E-state index contributed by atoms with van der Waals surface area (Å²) in [5.74, 6) is 1.49. The zero-order valence-corrected chi connectivity index (χ0v) is 15.3. The maximum absolute atomic E-state index is 12.3. The van der Waals surface area contributed by atoms with Crippen LogP contribution >= 0.6 is 0 Å². The molecular weight excluding hydrogens is 328 g/mol. The van der Waals surface area contributed by atoms with Crippen LogP contribution in [0.1, 0.15) is 37.4 Å². The summed E-state index contributed by atoms with van der Waals surface area (Å²) in [5.41, 5.74) is 2.27. The molecule has 2 aromatic carbocycles. The van der Waals surface area contributed by atoms with Crippen LogP contribution in [0.25, 0.3) is 0 Å². The summed E-state index contributed by atoms with van der Waals surface area (Å²) in [4.78, 5) is 12.3. The Hall–Kier alpha value is -2.69. The lowest BCUT2D eigenvalue weighted by atomic mass is 10.1. The minimum Gasteiger partial charge on any atom is -0.486 e. The van der Waals surface area contributed by atoms with E-state index in [1.165, 1.54) is 5.56 Å². The van der Waals surface area contributed by atoms with Gasteiger partial charge in [-0.2, -0.15) is 0 Å². The Morgan fingerprint density at radius 3 is 2.50 bits per heavy atom. The molecule has 5 heteroatoms. The number of benzene rings is 2. The van der Waals surface area contributed by atoms with Crippen molar-refractivity contribution in [2.75, 3.05) is 13.2 Å². The minimum atomic E-state index is -0.159. The molecule has 2 amide bonds. The van der Waals surface area contributed by atoms with E-state index in [0.29, 0.717) is 13.2 Å².